The molecule has 3 nitrogen and oxygen atoms in total. The monoisotopic (exact) mass is 627 g/mol. The van der Waals surface area contributed by atoms with Gasteiger partial charge in [-0.2, -0.15) is 0 Å². The molecule has 0 spiro atoms. The lowest BCUT2D eigenvalue weighted by Gasteiger charge is -2.28. The van der Waals surface area contributed by atoms with Gasteiger partial charge in [-0.25, -0.2) is 0 Å². The maximum atomic E-state index is 6.52. The molecule has 0 radical (unpaired) electrons. The van der Waals surface area contributed by atoms with E-state index in [0.29, 0.717) is 0 Å². The molecule has 2 heterocycles. The third-order valence-corrected chi connectivity index (χ3v) is 9.65. The van der Waals surface area contributed by atoms with Crippen LogP contribution in [-0.2, 0) is 0 Å². The first kappa shape index (κ1) is 27.5. The van der Waals surface area contributed by atoms with E-state index in [4.69, 9.17) is 8.83 Å². The third kappa shape index (κ3) is 4.44. The van der Waals surface area contributed by atoms with Crippen LogP contribution in [0.1, 0.15) is 0 Å². The van der Waals surface area contributed by atoms with Crippen molar-refractivity contribution in [2.24, 2.45) is 0 Å². The van der Waals surface area contributed by atoms with Crippen LogP contribution in [0.3, 0.4) is 0 Å². The molecule has 8 aromatic carbocycles. The van der Waals surface area contributed by atoms with E-state index in [1.165, 1.54) is 11.1 Å². The van der Waals surface area contributed by atoms with Crippen LogP contribution < -0.4 is 4.90 Å². The van der Waals surface area contributed by atoms with E-state index in [2.05, 4.69) is 169 Å². The second-order valence-corrected chi connectivity index (χ2v) is 12.5. The number of nitrogens with zero attached hydrogens (tertiary/aromatic N) is 1. The van der Waals surface area contributed by atoms with Crippen LogP contribution in [0.15, 0.2) is 185 Å². The van der Waals surface area contributed by atoms with Crippen LogP contribution in [0, 0.1) is 0 Å². The molecule has 0 unspecified atom stereocenters. The van der Waals surface area contributed by atoms with Crippen molar-refractivity contribution >= 4 is 71.7 Å². The molecular formula is C46H29NO2. The Morgan fingerprint density at radius 1 is 0.327 bits per heavy atom. The summed E-state index contributed by atoms with van der Waals surface area (Å²) in [4.78, 5) is 2.37. The molecule has 0 N–H and O–H groups in total. The van der Waals surface area contributed by atoms with Gasteiger partial charge in [-0.3, -0.25) is 0 Å². The maximum Gasteiger partial charge on any atom is 0.136 e. The Hall–Kier alpha value is -6.58. The first-order valence-corrected chi connectivity index (χ1v) is 16.6. The Bertz CT molecular complexity index is 2830. The number of hydrogen-bond donors (Lipinski definition) is 0. The zero-order valence-electron chi connectivity index (χ0n) is 26.5. The fraction of sp³-hybridized carbons (Fsp3) is 0. The molecule has 0 aliphatic carbocycles. The predicted octanol–water partition coefficient (Wildman–Crippen LogP) is 13.4. The van der Waals surface area contributed by atoms with Gasteiger partial charge in [0.15, 0.2) is 0 Å². The summed E-state index contributed by atoms with van der Waals surface area (Å²) in [6.45, 7) is 0. The quantitative estimate of drug-likeness (QED) is 0.190. The summed E-state index contributed by atoms with van der Waals surface area (Å²) < 4.78 is 12.8. The highest BCUT2D eigenvalue weighted by atomic mass is 16.3. The van der Waals surface area contributed by atoms with Crippen molar-refractivity contribution < 1.29 is 8.83 Å². The first-order valence-electron chi connectivity index (χ1n) is 16.6. The maximum absolute atomic E-state index is 6.52. The fourth-order valence-corrected chi connectivity index (χ4v) is 7.44. The minimum absolute atomic E-state index is 0.859. The van der Waals surface area contributed by atoms with E-state index in [0.717, 1.165) is 82.8 Å². The lowest BCUT2D eigenvalue weighted by molar-refractivity contribution is 0.668. The second kappa shape index (κ2) is 11.0. The molecule has 3 heteroatoms. The summed E-state index contributed by atoms with van der Waals surface area (Å²) >= 11 is 0. The Morgan fingerprint density at radius 3 is 1.67 bits per heavy atom. The molecule has 0 bridgehead atoms. The van der Waals surface area contributed by atoms with E-state index >= 15 is 0 Å². The molecule has 0 aliphatic rings. The van der Waals surface area contributed by atoms with Crippen LogP contribution >= 0.6 is 0 Å². The number of anilines is 3. The molecule has 49 heavy (non-hydrogen) atoms. The van der Waals surface area contributed by atoms with E-state index in [1.807, 2.05) is 12.1 Å². The van der Waals surface area contributed by atoms with Gasteiger partial charge >= 0.3 is 0 Å². The van der Waals surface area contributed by atoms with Crippen molar-refractivity contribution in [2.45, 2.75) is 0 Å². The van der Waals surface area contributed by atoms with Gasteiger partial charge < -0.3 is 13.7 Å². The zero-order chi connectivity index (χ0) is 32.3. The summed E-state index contributed by atoms with van der Waals surface area (Å²) in [5.74, 6) is 0. The van der Waals surface area contributed by atoms with Crippen LogP contribution in [0.25, 0.3) is 76.9 Å². The van der Waals surface area contributed by atoms with Crippen molar-refractivity contribution in [3.63, 3.8) is 0 Å². The minimum Gasteiger partial charge on any atom is -0.456 e. The lowest BCUT2D eigenvalue weighted by atomic mass is 9.98. The fourth-order valence-electron chi connectivity index (χ4n) is 7.44. The number of hydrogen-bond acceptors (Lipinski definition) is 3. The molecule has 0 atom stereocenters. The Balaban J connectivity index is 1.24. The van der Waals surface area contributed by atoms with Crippen molar-refractivity contribution in [1.29, 1.82) is 0 Å². The molecule has 10 aromatic rings. The normalized spacial score (nSPS) is 11.7. The predicted molar refractivity (Wildman–Crippen MR) is 204 cm³/mol. The Morgan fingerprint density at radius 2 is 0.898 bits per heavy atom. The molecule has 2 aromatic heterocycles. The molecule has 10 rings (SSSR count). The van der Waals surface area contributed by atoms with E-state index in [1.54, 1.807) is 0 Å². The molecule has 230 valence electrons. The molecule has 0 fully saturated rings. The summed E-state index contributed by atoms with van der Waals surface area (Å²) in [5.41, 5.74) is 11.4. The standard InChI is InChI=1S/C46H29NO2/c1-3-12-30(13-4-1)32-16-11-17-33(28-32)47(40-20-9-7-18-35(40)31-14-5-2-6-15-31)34-22-25-42-39(29-34)46-37-24-26-43-45(36(37)23-27-44(46)49-42)38-19-8-10-21-41(38)48-43/h1-29H. The summed E-state index contributed by atoms with van der Waals surface area (Å²) in [6.07, 6.45) is 0. The topological polar surface area (TPSA) is 29.5 Å². The van der Waals surface area contributed by atoms with Gasteiger partial charge in [0.05, 0.1) is 5.69 Å². The van der Waals surface area contributed by atoms with Gasteiger partial charge in [0, 0.05) is 38.5 Å². The molecule has 0 amide bonds. The zero-order valence-corrected chi connectivity index (χ0v) is 26.5. The van der Waals surface area contributed by atoms with Gasteiger partial charge in [0.25, 0.3) is 0 Å². The van der Waals surface area contributed by atoms with Gasteiger partial charge in [-0.05, 0) is 94.2 Å². The lowest BCUT2D eigenvalue weighted by Crippen LogP contribution is -2.11. The second-order valence-electron chi connectivity index (χ2n) is 12.5. The number of furan rings is 2. The first-order chi connectivity index (χ1) is 24.3. The van der Waals surface area contributed by atoms with Gasteiger partial charge in [-0.1, -0.05) is 109 Å². The number of para-hydroxylation sites is 2. The van der Waals surface area contributed by atoms with Gasteiger partial charge in [0.1, 0.15) is 22.3 Å². The van der Waals surface area contributed by atoms with Gasteiger partial charge in [0.2, 0.25) is 0 Å². The highest BCUT2D eigenvalue weighted by Gasteiger charge is 2.21. The summed E-state index contributed by atoms with van der Waals surface area (Å²) in [6, 6.07) is 62.0. The van der Waals surface area contributed by atoms with Crippen LogP contribution in [0.4, 0.5) is 17.1 Å². The van der Waals surface area contributed by atoms with Crippen LogP contribution in [0.5, 0.6) is 0 Å². The SMILES string of the molecule is c1ccc(-c2cccc(N(c3ccc4oc5ccc6c(ccc7oc8ccccc8c76)c5c4c3)c3ccccc3-c3ccccc3)c2)cc1. The molecular weight excluding hydrogens is 599 g/mol. The van der Waals surface area contributed by atoms with E-state index in [9.17, 15) is 0 Å². The van der Waals surface area contributed by atoms with Crippen molar-refractivity contribution in [3.8, 4) is 22.3 Å². The van der Waals surface area contributed by atoms with Gasteiger partial charge in [-0.15, -0.1) is 0 Å². The minimum atomic E-state index is 0.859. The average Bonchev–Trinajstić information content (AvgIpc) is 3.74. The highest BCUT2D eigenvalue weighted by molar-refractivity contribution is 6.27. The van der Waals surface area contributed by atoms with Crippen molar-refractivity contribution in [1.82, 2.24) is 0 Å². The summed E-state index contributed by atoms with van der Waals surface area (Å²) in [7, 11) is 0. The van der Waals surface area contributed by atoms with Crippen LogP contribution in [0.2, 0.25) is 0 Å². The van der Waals surface area contributed by atoms with E-state index < -0.39 is 0 Å². The Labute approximate surface area is 282 Å². The molecule has 0 saturated carbocycles. The number of benzene rings is 8. The number of fused-ring (bicyclic) bond motifs is 9. The smallest absolute Gasteiger partial charge is 0.136 e. The van der Waals surface area contributed by atoms with Crippen LogP contribution in [-0.4, -0.2) is 0 Å². The molecule has 0 saturated heterocycles. The largest absolute Gasteiger partial charge is 0.456 e. The third-order valence-electron chi connectivity index (χ3n) is 9.65. The van der Waals surface area contributed by atoms with E-state index in [-0.39, 0.29) is 0 Å². The summed E-state index contributed by atoms with van der Waals surface area (Å²) in [5, 5.41) is 6.75. The number of rotatable bonds is 5. The van der Waals surface area contributed by atoms with Crippen molar-refractivity contribution in [2.75, 3.05) is 4.90 Å². The average molecular weight is 628 g/mol. The highest BCUT2D eigenvalue weighted by Crippen LogP contribution is 2.45. The van der Waals surface area contributed by atoms with Crippen molar-refractivity contribution in [3.05, 3.63) is 176 Å². The Kier molecular flexibility index (Phi) is 6.18. The molecule has 0 aliphatic heterocycles.